The van der Waals surface area contributed by atoms with Gasteiger partial charge in [-0.2, -0.15) is 0 Å². The summed E-state index contributed by atoms with van der Waals surface area (Å²) in [6.07, 6.45) is 2.51. The number of thioether (sulfide) groups is 1. The minimum absolute atomic E-state index is 0.333. The number of aryl methyl sites for hydroxylation is 3. The largest absolute Gasteiger partial charge is 0.497 e. The molecule has 0 saturated carbocycles. The van der Waals surface area contributed by atoms with E-state index in [4.69, 9.17) is 4.74 Å². The summed E-state index contributed by atoms with van der Waals surface area (Å²) >= 11 is 1.49. The number of hydrogen-bond acceptors (Lipinski definition) is 5. The van der Waals surface area contributed by atoms with E-state index in [0.29, 0.717) is 28.6 Å². The van der Waals surface area contributed by atoms with Crippen LogP contribution in [0.15, 0.2) is 51.7 Å². The molecule has 142 valence electrons. The Morgan fingerprint density at radius 2 is 1.89 bits per heavy atom. The molecule has 0 spiro atoms. The molecule has 0 radical (unpaired) electrons. The highest BCUT2D eigenvalue weighted by Crippen LogP contribution is 2.22. The Balaban J connectivity index is 2.06. The Labute approximate surface area is 160 Å². The predicted octanol–water partition coefficient (Wildman–Crippen LogP) is 1.96. The van der Waals surface area contributed by atoms with Crippen molar-refractivity contribution in [2.24, 2.45) is 14.1 Å². The average molecular weight is 386 g/mol. The second-order valence-corrected chi connectivity index (χ2v) is 7.11. The fraction of sp³-hybridized carbons (Fsp3) is 0.316. The van der Waals surface area contributed by atoms with Gasteiger partial charge in [0.1, 0.15) is 5.75 Å². The molecule has 7 nitrogen and oxygen atoms in total. The SMILES string of the molecule is C=CCSc1nc2c(c(=O)n(C)c(=O)n2C)n1CCc1ccc(OC)cc1. The van der Waals surface area contributed by atoms with Crippen LogP contribution in [-0.4, -0.2) is 31.5 Å². The summed E-state index contributed by atoms with van der Waals surface area (Å²) in [5, 5.41) is 0.705. The summed E-state index contributed by atoms with van der Waals surface area (Å²) in [6, 6.07) is 7.83. The molecule has 3 rings (SSSR count). The van der Waals surface area contributed by atoms with E-state index >= 15 is 0 Å². The van der Waals surface area contributed by atoms with E-state index < -0.39 is 0 Å². The molecule has 0 amide bonds. The lowest BCUT2D eigenvalue weighted by atomic mass is 10.1. The highest BCUT2D eigenvalue weighted by atomic mass is 32.2. The molecule has 8 heteroatoms. The van der Waals surface area contributed by atoms with Gasteiger partial charge in [0.15, 0.2) is 16.3 Å². The van der Waals surface area contributed by atoms with Gasteiger partial charge < -0.3 is 9.30 Å². The van der Waals surface area contributed by atoms with Crippen molar-refractivity contribution in [1.82, 2.24) is 18.7 Å². The molecule has 1 aromatic carbocycles. The number of aromatic nitrogens is 4. The maximum Gasteiger partial charge on any atom is 0.332 e. The van der Waals surface area contributed by atoms with E-state index in [9.17, 15) is 9.59 Å². The molecule has 0 aliphatic carbocycles. The lowest BCUT2D eigenvalue weighted by molar-refractivity contribution is 0.414. The van der Waals surface area contributed by atoms with Crippen molar-refractivity contribution in [1.29, 1.82) is 0 Å². The Morgan fingerprint density at radius 3 is 2.52 bits per heavy atom. The van der Waals surface area contributed by atoms with Crippen LogP contribution in [0.2, 0.25) is 0 Å². The molecular weight excluding hydrogens is 364 g/mol. The molecule has 0 bridgehead atoms. The highest BCUT2D eigenvalue weighted by Gasteiger charge is 2.19. The molecule has 3 aromatic rings. The number of nitrogens with zero attached hydrogens (tertiary/aromatic N) is 4. The predicted molar refractivity (Wildman–Crippen MR) is 108 cm³/mol. The van der Waals surface area contributed by atoms with Crippen molar-refractivity contribution in [2.75, 3.05) is 12.9 Å². The molecular formula is C19H22N4O3S. The molecule has 2 heterocycles. The van der Waals surface area contributed by atoms with E-state index in [1.54, 1.807) is 20.2 Å². The molecule has 27 heavy (non-hydrogen) atoms. The summed E-state index contributed by atoms with van der Waals surface area (Å²) in [5.41, 5.74) is 1.26. The fourth-order valence-corrected chi connectivity index (χ4v) is 3.67. The van der Waals surface area contributed by atoms with Crippen LogP contribution in [0.1, 0.15) is 5.56 Å². The number of fused-ring (bicyclic) bond motifs is 1. The van der Waals surface area contributed by atoms with E-state index in [0.717, 1.165) is 22.3 Å². The lowest BCUT2D eigenvalue weighted by Crippen LogP contribution is -2.37. The van der Waals surface area contributed by atoms with E-state index in [2.05, 4.69) is 11.6 Å². The van der Waals surface area contributed by atoms with Crippen molar-refractivity contribution < 1.29 is 4.74 Å². The number of hydrogen-bond donors (Lipinski definition) is 0. The third kappa shape index (κ3) is 3.57. The number of rotatable bonds is 7. The van der Waals surface area contributed by atoms with Crippen LogP contribution in [0.3, 0.4) is 0 Å². The first kappa shape index (κ1) is 19.0. The van der Waals surface area contributed by atoms with Crippen molar-refractivity contribution in [3.05, 3.63) is 63.3 Å². The first-order valence-electron chi connectivity index (χ1n) is 8.50. The summed E-state index contributed by atoms with van der Waals surface area (Å²) in [4.78, 5) is 29.5. The monoisotopic (exact) mass is 386 g/mol. The van der Waals surface area contributed by atoms with Gasteiger partial charge in [0.2, 0.25) is 0 Å². The quantitative estimate of drug-likeness (QED) is 0.459. The second kappa shape index (κ2) is 7.87. The second-order valence-electron chi connectivity index (χ2n) is 6.12. The Bertz CT molecular complexity index is 1090. The van der Waals surface area contributed by atoms with E-state index in [1.807, 2.05) is 28.8 Å². The zero-order valence-corrected chi connectivity index (χ0v) is 16.5. The van der Waals surface area contributed by atoms with Crippen LogP contribution >= 0.6 is 11.8 Å². The fourth-order valence-electron chi connectivity index (χ4n) is 2.91. The van der Waals surface area contributed by atoms with Gasteiger partial charge in [-0.3, -0.25) is 13.9 Å². The Morgan fingerprint density at radius 1 is 1.19 bits per heavy atom. The zero-order valence-electron chi connectivity index (χ0n) is 15.6. The number of benzene rings is 1. The van der Waals surface area contributed by atoms with Gasteiger partial charge in [-0.05, 0) is 24.1 Å². The van der Waals surface area contributed by atoms with Gasteiger partial charge >= 0.3 is 5.69 Å². The van der Waals surface area contributed by atoms with Crippen LogP contribution in [-0.2, 0) is 27.1 Å². The van der Waals surface area contributed by atoms with Gasteiger partial charge in [0, 0.05) is 26.4 Å². The zero-order chi connectivity index (χ0) is 19.6. The van der Waals surface area contributed by atoms with Crippen molar-refractivity contribution >= 4 is 22.9 Å². The van der Waals surface area contributed by atoms with E-state index in [-0.39, 0.29) is 11.2 Å². The molecule has 0 aliphatic heterocycles. The third-order valence-electron chi connectivity index (χ3n) is 4.43. The number of imidazole rings is 1. The lowest BCUT2D eigenvalue weighted by Gasteiger charge is -2.09. The minimum Gasteiger partial charge on any atom is -0.497 e. The number of ether oxygens (including phenoxy) is 1. The van der Waals surface area contributed by atoms with Crippen molar-refractivity contribution in [2.45, 2.75) is 18.1 Å². The maximum atomic E-state index is 12.7. The summed E-state index contributed by atoms with van der Waals surface area (Å²) in [5.74, 6) is 1.47. The minimum atomic E-state index is -0.382. The molecule has 0 atom stereocenters. The van der Waals surface area contributed by atoms with Gasteiger partial charge in [0.05, 0.1) is 7.11 Å². The van der Waals surface area contributed by atoms with Gasteiger partial charge in [-0.1, -0.05) is 30.0 Å². The first-order chi connectivity index (χ1) is 13.0. The standard InChI is InChI=1S/C19H22N4O3S/c1-5-12-27-18-20-16-15(17(24)22(3)19(25)21(16)2)23(18)11-10-13-6-8-14(26-4)9-7-13/h5-9H,1,10-12H2,2-4H3. The first-order valence-corrected chi connectivity index (χ1v) is 9.49. The average Bonchev–Trinajstić information content (AvgIpc) is 3.06. The molecule has 0 N–H and O–H groups in total. The Kier molecular flexibility index (Phi) is 5.55. The Hall–Kier alpha value is -2.74. The molecule has 0 unspecified atom stereocenters. The summed E-state index contributed by atoms with van der Waals surface area (Å²) in [7, 11) is 4.75. The van der Waals surface area contributed by atoms with Gasteiger partial charge in [-0.25, -0.2) is 9.78 Å². The molecule has 2 aromatic heterocycles. The van der Waals surface area contributed by atoms with Crippen LogP contribution in [0, 0.1) is 0 Å². The van der Waals surface area contributed by atoms with Crippen LogP contribution in [0.5, 0.6) is 5.75 Å². The maximum absolute atomic E-state index is 12.7. The third-order valence-corrected chi connectivity index (χ3v) is 5.40. The van der Waals surface area contributed by atoms with Crippen molar-refractivity contribution in [3.8, 4) is 5.75 Å². The van der Waals surface area contributed by atoms with Crippen LogP contribution < -0.4 is 16.0 Å². The highest BCUT2D eigenvalue weighted by molar-refractivity contribution is 7.99. The molecule has 0 aliphatic rings. The van der Waals surface area contributed by atoms with Crippen LogP contribution in [0.25, 0.3) is 11.2 Å². The molecule has 0 saturated heterocycles. The summed E-state index contributed by atoms with van der Waals surface area (Å²) in [6.45, 7) is 4.32. The molecule has 0 fully saturated rings. The van der Waals surface area contributed by atoms with Gasteiger partial charge in [-0.15, -0.1) is 6.58 Å². The van der Waals surface area contributed by atoms with E-state index in [1.165, 1.54) is 23.4 Å². The number of methoxy groups -OCH3 is 1. The van der Waals surface area contributed by atoms with Gasteiger partial charge in [0.25, 0.3) is 5.56 Å². The normalized spacial score (nSPS) is 11.1. The summed E-state index contributed by atoms with van der Waals surface area (Å²) < 4.78 is 9.62. The smallest absolute Gasteiger partial charge is 0.332 e. The topological polar surface area (TPSA) is 71.0 Å². The van der Waals surface area contributed by atoms with Crippen molar-refractivity contribution in [3.63, 3.8) is 0 Å². The van der Waals surface area contributed by atoms with Crippen LogP contribution in [0.4, 0.5) is 0 Å².